The Morgan fingerprint density at radius 2 is 2.20 bits per heavy atom. The van der Waals surface area contributed by atoms with E-state index in [9.17, 15) is 9.90 Å². The van der Waals surface area contributed by atoms with E-state index >= 15 is 0 Å². The molecule has 2 aromatic carbocycles. The Morgan fingerprint density at radius 1 is 1.29 bits per heavy atom. The van der Waals surface area contributed by atoms with Crippen LogP contribution in [0.4, 0.5) is 5.69 Å². The third kappa shape index (κ3) is 5.40. The highest BCUT2D eigenvalue weighted by Gasteiger charge is 2.27. The molecular formula is C27H32N4O4. The van der Waals surface area contributed by atoms with Crippen LogP contribution in [0.25, 0.3) is 10.9 Å². The summed E-state index contributed by atoms with van der Waals surface area (Å²) in [5.41, 5.74) is 3.45. The number of aliphatic hydroxyl groups is 1. The van der Waals surface area contributed by atoms with Gasteiger partial charge in [0.05, 0.1) is 30.6 Å². The van der Waals surface area contributed by atoms with Crippen molar-refractivity contribution in [2.75, 3.05) is 32.1 Å². The maximum absolute atomic E-state index is 11.7. The molecule has 3 aromatic rings. The first-order valence-electron chi connectivity index (χ1n) is 12.2. The summed E-state index contributed by atoms with van der Waals surface area (Å²) in [5.74, 6) is 1.63. The third-order valence-corrected chi connectivity index (χ3v) is 6.96. The number of piperidine rings is 1. The molecule has 0 spiro atoms. The number of methoxy groups -OCH3 is 1. The second-order valence-corrected chi connectivity index (χ2v) is 9.30. The first-order valence-corrected chi connectivity index (χ1v) is 12.2. The molecule has 1 amide bonds. The first kappa shape index (κ1) is 23.5. The van der Waals surface area contributed by atoms with Crippen molar-refractivity contribution in [3.05, 3.63) is 59.8 Å². The van der Waals surface area contributed by atoms with Crippen LogP contribution in [0, 0.1) is 5.92 Å². The molecule has 8 nitrogen and oxygen atoms in total. The minimum absolute atomic E-state index is 0.0504. The van der Waals surface area contributed by atoms with Gasteiger partial charge in [-0.25, -0.2) is 0 Å². The lowest BCUT2D eigenvalue weighted by molar-refractivity contribution is -0.118. The van der Waals surface area contributed by atoms with Crippen LogP contribution in [0.15, 0.2) is 48.7 Å². The number of anilines is 1. The first-order chi connectivity index (χ1) is 17.1. The minimum atomic E-state index is -0.650. The van der Waals surface area contributed by atoms with Gasteiger partial charge < -0.3 is 30.5 Å². The molecule has 4 N–H and O–H groups in total. The van der Waals surface area contributed by atoms with Gasteiger partial charge in [-0.05, 0) is 73.7 Å². The quantitative estimate of drug-likeness (QED) is 0.396. The number of benzene rings is 2. The number of nitrogens with one attached hydrogen (secondary N) is 3. The van der Waals surface area contributed by atoms with Crippen LogP contribution in [0.5, 0.6) is 11.5 Å². The maximum Gasteiger partial charge on any atom is 0.262 e. The van der Waals surface area contributed by atoms with Gasteiger partial charge in [-0.3, -0.25) is 9.78 Å². The Kier molecular flexibility index (Phi) is 7.13. The highest BCUT2D eigenvalue weighted by atomic mass is 16.5. The van der Waals surface area contributed by atoms with Gasteiger partial charge >= 0.3 is 0 Å². The highest BCUT2D eigenvalue weighted by molar-refractivity contribution is 5.95. The smallest absolute Gasteiger partial charge is 0.262 e. The summed E-state index contributed by atoms with van der Waals surface area (Å²) in [7, 11) is 1.62. The topological polar surface area (TPSA) is 105 Å². The number of nitrogens with zero attached hydrogens (tertiary/aromatic N) is 1. The van der Waals surface area contributed by atoms with Crippen LogP contribution < -0.4 is 25.4 Å². The van der Waals surface area contributed by atoms with Gasteiger partial charge in [-0.2, -0.15) is 0 Å². The van der Waals surface area contributed by atoms with E-state index in [2.05, 4.69) is 20.9 Å². The number of rotatable bonds is 8. The Hall–Kier alpha value is -3.20. The van der Waals surface area contributed by atoms with E-state index in [1.54, 1.807) is 13.3 Å². The summed E-state index contributed by atoms with van der Waals surface area (Å²) in [4.78, 5) is 16.2. The molecule has 0 saturated carbocycles. The average Bonchev–Trinajstić information content (AvgIpc) is 2.90. The summed E-state index contributed by atoms with van der Waals surface area (Å²) in [5, 5.41) is 22.4. The lowest BCUT2D eigenvalue weighted by atomic mass is 9.86. The fourth-order valence-electron chi connectivity index (χ4n) is 5.08. The van der Waals surface area contributed by atoms with Crippen molar-refractivity contribution in [3.63, 3.8) is 0 Å². The van der Waals surface area contributed by atoms with Crippen LogP contribution in [-0.2, 0) is 11.3 Å². The van der Waals surface area contributed by atoms with Gasteiger partial charge in [0.15, 0.2) is 6.61 Å². The van der Waals surface area contributed by atoms with Gasteiger partial charge in [-0.15, -0.1) is 0 Å². The number of aromatic nitrogens is 1. The molecule has 3 atom stereocenters. The molecule has 184 valence electrons. The van der Waals surface area contributed by atoms with Crippen molar-refractivity contribution < 1.29 is 19.4 Å². The monoisotopic (exact) mass is 476 g/mol. The molecule has 1 saturated heterocycles. The van der Waals surface area contributed by atoms with Gasteiger partial charge in [-0.1, -0.05) is 18.2 Å². The van der Waals surface area contributed by atoms with E-state index in [0.29, 0.717) is 36.1 Å². The normalized spacial score (nSPS) is 19.4. The Balaban J connectivity index is 1.35. The fraction of sp³-hybridized carbons (Fsp3) is 0.407. The van der Waals surface area contributed by atoms with E-state index < -0.39 is 6.10 Å². The van der Waals surface area contributed by atoms with Crippen molar-refractivity contribution in [2.45, 2.75) is 38.0 Å². The molecule has 5 rings (SSSR count). The second kappa shape index (κ2) is 10.6. The number of aliphatic hydroxyl groups excluding tert-OH is 1. The number of pyridine rings is 1. The van der Waals surface area contributed by atoms with Crippen LogP contribution in [-0.4, -0.2) is 48.8 Å². The average molecular weight is 477 g/mol. The van der Waals surface area contributed by atoms with Gasteiger partial charge in [0.1, 0.15) is 11.5 Å². The van der Waals surface area contributed by atoms with Crippen molar-refractivity contribution in [1.29, 1.82) is 0 Å². The molecule has 0 aliphatic carbocycles. The Morgan fingerprint density at radius 3 is 3.03 bits per heavy atom. The van der Waals surface area contributed by atoms with Crippen molar-refractivity contribution in [2.24, 2.45) is 5.92 Å². The summed E-state index contributed by atoms with van der Waals surface area (Å²) in [6, 6.07) is 13.8. The summed E-state index contributed by atoms with van der Waals surface area (Å²) in [6.07, 6.45) is 3.85. The van der Waals surface area contributed by atoms with Crippen LogP contribution in [0.1, 0.15) is 36.5 Å². The van der Waals surface area contributed by atoms with E-state index in [0.717, 1.165) is 48.0 Å². The zero-order valence-corrected chi connectivity index (χ0v) is 19.9. The molecule has 2 aliphatic rings. The number of fused-ring (bicyclic) bond motifs is 2. The molecule has 3 unspecified atom stereocenters. The molecule has 1 aromatic heterocycles. The molecule has 2 aliphatic heterocycles. The van der Waals surface area contributed by atoms with Gasteiger partial charge in [0.25, 0.3) is 5.91 Å². The third-order valence-electron chi connectivity index (χ3n) is 6.96. The van der Waals surface area contributed by atoms with Crippen molar-refractivity contribution >= 4 is 22.5 Å². The molecule has 8 heteroatoms. The lowest BCUT2D eigenvalue weighted by Crippen LogP contribution is -2.44. The number of carbonyl (C=O) groups is 1. The summed E-state index contributed by atoms with van der Waals surface area (Å²) >= 11 is 0. The predicted molar refractivity (Wildman–Crippen MR) is 135 cm³/mol. The minimum Gasteiger partial charge on any atom is -0.495 e. The molecule has 0 bridgehead atoms. The number of carbonyl (C=O) groups excluding carboxylic acids is 1. The van der Waals surface area contributed by atoms with Crippen molar-refractivity contribution in [1.82, 2.24) is 15.6 Å². The highest BCUT2D eigenvalue weighted by Crippen LogP contribution is 2.32. The number of ether oxygens (including phenoxy) is 2. The summed E-state index contributed by atoms with van der Waals surface area (Å²) in [6.45, 7) is 2.63. The SMILES string of the molecule is COc1cnc2cccc(C(O)CC(NCc3ccc4c(c3)NC(=O)CO4)C3CCCNC3)c2c1. The van der Waals surface area contributed by atoms with Gasteiger partial charge in [0.2, 0.25) is 0 Å². The van der Waals surface area contributed by atoms with Crippen LogP contribution in [0.2, 0.25) is 0 Å². The van der Waals surface area contributed by atoms with E-state index in [1.807, 2.05) is 42.5 Å². The van der Waals surface area contributed by atoms with Crippen LogP contribution >= 0.6 is 0 Å². The molecule has 0 radical (unpaired) electrons. The van der Waals surface area contributed by atoms with Crippen LogP contribution in [0.3, 0.4) is 0 Å². The zero-order valence-electron chi connectivity index (χ0n) is 19.9. The number of amides is 1. The zero-order chi connectivity index (χ0) is 24.2. The molecule has 1 fully saturated rings. The van der Waals surface area contributed by atoms with E-state index in [4.69, 9.17) is 9.47 Å². The maximum atomic E-state index is 11.7. The standard InChI is InChI=1S/C27H32N4O4/c1-34-19-11-21-20(5-2-6-22(21)30-15-19)25(32)12-23(18-4-3-9-28-14-18)29-13-17-7-8-26-24(10-17)31-27(33)16-35-26/h2,5-8,10-11,15,18,23,25,28-29,32H,3-4,9,12-14,16H2,1H3,(H,31,33). The number of hydrogen-bond acceptors (Lipinski definition) is 7. The van der Waals surface area contributed by atoms with E-state index in [1.165, 1.54) is 0 Å². The Bertz CT molecular complexity index is 1200. The fourth-order valence-corrected chi connectivity index (χ4v) is 5.08. The van der Waals surface area contributed by atoms with Gasteiger partial charge in [0, 0.05) is 18.0 Å². The molecular weight excluding hydrogens is 444 g/mol. The molecule has 3 heterocycles. The largest absolute Gasteiger partial charge is 0.495 e. The number of hydrogen-bond donors (Lipinski definition) is 4. The predicted octanol–water partition coefficient (Wildman–Crippen LogP) is 3.16. The second-order valence-electron chi connectivity index (χ2n) is 9.30. The van der Waals surface area contributed by atoms with Crippen molar-refractivity contribution in [3.8, 4) is 11.5 Å². The molecule has 35 heavy (non-hydrogen) atoms. The lowest BCUT2D eigenvalue weighted by Gasteiger charge is -2.33. The van der Waals surface area contributed by atoms with E-state index in [-0.39, 0.29) is 18.6 Å². The summed E-state index contributed by atoms with van der Waals surface area (Å²) < 4.78 is 10.8. The Labute approximate surface area is 205 Å².